The maximum atomic E-state index is 11.5. The third-order valence-corrected chi connectivity index (χ3v) is 11.1. The highest BCUT2D eigenvalue weighted by atomic mass is 28.3. The van der Waals surface area contributed by atoms with Crippen LogP contribution in [-0.2, 0) is 9.53 Å². The number of carbonyl (C=O) groups excluding carboxylic acids is 1. The molecule has 3 heteroatoms. The van der Waals surface area contributed by atoms with Crippen LogP contribution in [0.1, 0.15) is 6.42 Å². The Morgan fingerprint density at radius 2 is 1.31 bits per heavy atom. The molecule has 29 heavy (non-hydrogen) atoms. The van der Waals surface area contributed by atoms with E-state index in [1.54, 1.807) is 6.08 Å². The number of benzene rings is 3. The van der Waals surface area contributed by atoms with Gasteiger partial charge in [0.25, 0.3) is 0 Å². The Kier molecular flexibility index (Phi) is 5.77. The summed E-state index contributed by atoms with van der Waals surface area (Å²) in [6.07, 6.45) is 4.76. The molecule has 2 atom stereocenters. The molecule has 146 valence electrons. The van der Waals surface area contributed by atoms with Gasteiger partial charge in [0.2, 0.25) is 0 Å². The van der Waals surface area contributed by atoms with Gasteiger partial charge in [-0.3, -0.25) is 0 Å². The molecule has 0 saturated heterocycles. The first kappa shape index (κ1) is 19.4. The summed E-state index contributed by atoms with van der Waals surface area (Å²) in [7, 11) is -0.755. The third-order valence-electron chi connectivity index (χ3n) is 6.03. The molecule has 1 saturated carbocycles. The highest BCUT2D eigenvalue weighted by Gasteiger charge is 2.47. The molecule has 0 unspecified atom stereocenters. The van der Waals surface area contributed by atoms with Gasteiger partial charge in [0.05, 0.1) is 7.11 Å². The van der Waals surface area contributed by atoms with Crippen molar-refractivity contribution in [3.05, 3.63) is 103 Å². The lowest BCUT2D eigenvalue weighted by Crippen LogP contribution is -2.67. The number of methoxy groups -OCH3 is 1. The molecule has 1 fully saturated rings. The van der Waals surface area contributed by atoms with Crippen molar-refractivity contribution in [1.29, 1.82) is 0 Å². The molecule has 0 heterocycles. The molecular formula is C26H26O2Si. The third kappa shape index (κ3) is 4.10. The summed E-state index contributed by atoms with van der Waals surface area (Å²) in [4.78, 5) is 11.5. The van der Waals surface area contributed by atoms with Crippen LogP contribution in [0.4, 0.5) is 0 Å². The largest absolute Gasteiger partial charge is 0.466 e. The Bertz CT molecular complexity index is 871. The molecule has 0 N–H and O–H groups in total. The van der Waals surface area contributed by atoms with Gasteiger partial charge in [-0.1, -0.05) is 97.1 Å². The SMILES string of the molecule is COC(=O)/C=C/[C@H]1C[C@H]1C[Si](c1ccccc1)(c1ccccc1)c1ccccc1. The van der Waals surface area contributed by atoms with E-state index in [1.807, 2.05) is 6.08 Å². The Labute approximate surface area is 173 Å². The lowest BCUT2D eigenvalue weighted by Gasteiger charge is -2.34. The second-order valence-electron chi connectivity index (χ2n) is 7.75. The van der Waals surface area contributed by atoms with Crippen LogP contribution < -0.4 is 15.6 Å². The maximum absolute atomic E-state index is 11.5. The van der Waals surface area contributed by atoms with E-state index in [2.05, 4.69) is 91.0 Å². The minimum Gasteiger partial charge on any atom is -0.466 e. The van der Waals surface area contributed by atoms with E-state index in [0.717, 1.165) is 12.5 Å². The van der Waals surface area contributed by atoms with Crippen molar-refractivity contribution in [2.75, 3.05) is 7.11 Å². The molecule has 0 bridgehead atoms. The average molecular weight is 399 g/mol. The number of allylic oxidation sites excluding steroid dienone is 1. The van der Waals surface area contributed by atoms with Crippen molar-refractivity contribution in [3.63, 3.8) is 0 Å². The van der Waals surface area contributed by atoms with Crippen LogP contribution in [0.15, 0.2) is 103 Å². The predicted octanol–water partition coefficient (Wildman–Crippen LogP) is 3.52. The van der Waals surface area contributed by atoms with Gasteiger partial charge in [-0.25, -0.2) is 4.79 Å². The van der Waals surface area contributed by atoms with Gasteiger partial charge in [-0.2, -0.15) is 0 Å². The number of ether oxygens (including phenoxy) is 1. The van der Waals surface area contributed by atoms with E-state index in [-0.39, 0.29) is 5.97 Å². The monoisotopic (exact) mass is 398 g/mol. The molecule has 3 aromatic rings. The van der Waals surface area contributed by atoms with Crippen molar-refractivity contribution in [1.82, 2.24) is 0 Å². The van der Waals surface area contributed by atoms with E-state index in [9.17, 15) is 4.79 Å². The van der Waals surface area contributed by atoms with Gasteiger partial charge >= 0.3 is 5.97 Å². The first-order chi connectivity index (χ1) is 14.2. The van der Waals surface area contributed by atoms with Crippen LogP contribution in [0.25, 0.3) is 0 Å². The topological polar surface area (TPSA) is 26.3 Å². The van der Waals surface area contributed by atoms with E-state index in [0.29, 0.717) is 11.8 Å². The smallest absolute Gasteiger partial charge is 0.330 e. The molecule has 1 aliphatic rings. The highest BCUT2D eigenvalue weighted by Crippen LogP contribution is 2.45. The van der Waals surface area contributed by atoms with Gasteiger partial charge < -0.3 is 4.74 Å². The molecule has 0 aromatic heterocycles. The second kappa shape index (κ2) is 8.62. The number of rotatable bonds is 7. The number of esters is 1. The maximum Gasteiger partial charge on any atom is 0.330 e. The summed E-state index contributed by atoms with van der Waals surface area (Å²) in [5.74, 6) is 0.772. The van der Waals surface area contributed by atoms with Gasteiger partial charge in [0.1, 0.15) is 8.07 Å². The number of carbonyl (C=O) groups is 1. The molecular weight excluding hydrogens is 372 g/mol. The van der Waals surface area contributed by atoms with Gasteiger partial charge in [0, 0.05) is 6.08 Å². The van der Waals surface area contributed by atoms with Crippen molar-refractivity contribution in [2.45, 2.75) is 12.5 Å². The zero-order valence-electron chi connectivity index (χ0n) is 16.7. The van der Waals surface area contributed by atoms with Crippen molar-refractivity contribution >= 4 is 29.6 Å². The summed E-state index contributed by atoms with van der Waals surface area (Å²) < 4.78 is 4.76. The van der Waals surface area contributed by atoms with Crippen molar-refractivity contribution < 1.29 is 9.53 Å². The minimum absolute atomic E-state index is 0.270. The van der Waals surface area contributed by atoms with Crippen molar-refractivity contribution in [3.8, 4) is 0 Å². The molecule has 4 rings (SSSR count). The van der Waals surface area contributed by atoms with Crippen LogP contribution >= 0.6 is 0 Å². The Hall–Kier alpha value is -2.91. The summed E-state index contributed by atoms with van der Waals surface area (Å²) in [6, 6.07) is 34.2. The minimum atomic E-state index is -2.18. The zero-order valence-corrected chi connectivity index (χ0v) is 17.7. The number of hydrogen-bond donors (Lipinski definition) is 0. The van der Waals surface area contributed by atoms with Crippen molar-refractivity contribution in [2.24, 2.45) is 11.8 Å². The first-order valence-corrected chi connectivity index (χ1v) is 12.4. The summed E-state index contributed by atoms with van der Waals surface area (Å²) in [6.45, 7) is 0. The highest BCUT2D eigenvalue weighted by molar-refractivity contribution is 7.11. The predicted molar refractivity (Wildman–Crippen MR) is 122 cm³/mol. The fraction of sp³-hybridized carbons (Fsp3) is 0.192. The van der Waals surface area contributed by atoms with Gasteiger partial charge in [0.15, 0.2) is 0 Å². The number of hydrogen-bond acceptors (Lipinski definition) is 2. The van der Waals surface area contributed by atoms with E-state index < -0.39 is 8.07 Å². The summed E-state index contributed by atoms with van der Waals surface area (Å²) >= 11 is 0. The van der Waals surface area contributed by atoms with Crippen LogP contribution in [0.3, 0.4) is 0 Å². The standard InChI is InChI=1S/C26H26O2Si/c1-28-26(27)18-17-21-19-22(21)20-29(23-11-5-2-6-12-23,24-13-7-3-8-14-24)25-15-9-4-10-16-25/h2-18,21-22H,19-20H2,1H3/b18-17+/t21-,22-/m0/s1. The fourth-order valence-corrected chi connectivity index (χ4v) is 9.67. The first-order valence-electron chi connectivity index (χ1n) is 10.2. The average Bonchev–Trinajstić information content (AvgIpc) is 3.55. The van der Waals surface area contributed by atoms with Crippen LogP contribution in [-0.4, -0.2) is 21.2 Å². The van der Waals surface area contributed by atoms with Crippen LogP contribution in [0.2, 0.25) is 6.04 Å². The van der Waals surface area contributed by atoms with Gasteiger partial charge in [-0.15, -0.1) is 0 Å². The summed E-state index contributed by atoms with van der Waals surface area (Å²) in [5, 5.41) is 4.33. The second-order valence-corrected chi connectivity index (χ2v) is 11.7. The molecule has 0 spiro atoms. The quantitative estimate of drug-likeness (QED) is 0.263. The fourth-order valence-electron chi connectivity index (χ4n) is 4.43. The summed E-state index contributed by atoms with van der Waals surface area (Å²) in [5.41, 5.74) is 0. The molecule has 1 aliphatic carbocycles. The molecule has 0 amide bonds. The molecule has 0 radical (unpaired) electrons. The van der Waals surface area contributed by atoms with Crippen LogP contribution in [0, 0.1) is 11.8 Å². The Morgan fingerprint density at radius 3 is 1.72 bits per heavy atom. The molecule has 2 nitrogen and oxygen atoms in total. The Morgan fingerprint density at radius 1 is 0.862 bits per heavy atom. The lowest BCUT2D eigenvalue weighted by atomic mass is 10.3. The lowest BCUT2D eigenvalue weighted by molar-refractivity contribution is -0.134. The van der Waals surface area contributed by atoms with Gasteiger partial charge in [-0.05, 0) is 39.9 Å². The van der Waals surface area contributed by atoms with Crippen LogP contribution in [0.5, 0.6) is 0 Å². The zero-order chi connectivity index (χ0) is 20.1. The Balaban J connectivity index is 1.77. The molecule has 0 aliphatic heterocycles. The van der Waals surface area contributed by atoms with E-state index in [1.165, 1.54) is 22.7 Å². The normalized spacial score (nSPS) is 18.5. The molecule has 3 aromatic carbocycles. The van der Waals surface area contributed by atoms with E-state index in [4.69, 9.17) is 4.74 Å². The van der Waals surface area contributed by atoms with E-state index >= 15 is 0 Å².